The van der Waals surface area contributed by atoms with Gasteiger partial charge in [-0.05, 0) is 48.4 Å². The highest BCUT2D eigenvalue weighted by Crippen LogP contribution is 2.26. The topological polar surface area (TPSA) is 73.6 Å². The molecule has 6 heteroatoms. The molecule has 0 aliphatic carbocycles. The number of aliphatic imine (C=N–C) groups is 1. The highest BCUT2D eigenvalue weighted by molar-refractivity contribution is 14.0. The van der Waals surface area contributed by atoms with Crippen molar-refractivity contribution in [2.75, 3.05) is 0 Å². The molecule has 0 saturated carbocycles. The zero-order valence-electron chi connectivity index (χ0n) is 11.5. The lowest BCUT2D eigenvalue weighted by Crippen LogP contribution is -2.22. The molecular formula is C15H17FIN3O. The van der Waals surface area contributed by atoms with Gasteiger partial charge in [-0.2, -0.15) is 0 Å². The van der Waals surface area contributed by atoms with Crippen LogP contribution in [-0.2, 0) is 6.54 Å². The van der Waals surface area contributed by atoms with E-state index in [2.05, 4.69) is 4.99 Å². The van der Waals surface area contributed by atoms with Gasteiger partial charge in [-0.25, -0.2) is 9.38 Å². The Labute approximate surface area is 140 Å². The quantitative estimate of drug-likeness (QED) is 0.469. The molecule has 2 aromatic carbocycles. The molecular weight excluding hydrogens is 384 g/mol. The molecule has 0 saturated heterocycles. The Hall–Kier alpha value is -1.83. The normalized spacial score (nSPS) is 9.62. The Morgan fingerprint density at radius 2 is 1.81 bits per heavy atom. The van der Waals surface area contributed by atoms with Crippen molar-refractivity contribution in [3.63, 3.8) is 0 Å². The molecule has 0 spiro atoms. The molecule has 0 bridgehead atoms. The summed E-state index contributed by atoms with van der Waals surface area (Å²) in [4.78, 5) is 3.95. The van der Waals surface area contributed by atoms with Gasteiger partial charge in [0.15, 0.2) is 5.96 Å². The molecule has 0 atom stereocenters. The molecule has 0 amide bonds. The lowest BCUT2D eigenvalue weighted by atomic mass is 10.1. The van der Waals surface area contributed by atoms with Crippen LogP contribution in [-0.4, -0.2) is 5.96 Å². The second kappa shape index (κ2) is 7.82. The van der Waals surface area contributed by atoms with Crippen molar-refractivity contribution in [2.24, 2.45) is 16.5 Å². The van der Waals surface area contributed by atoms with Crippen molar-refractivity contribution in [3.8, 4) is 11.5 Å². The molecule has 0 aromatic heterocycles. The Kier molecular flexibility index (Phi) is 6.41. The van der Waals surface area contributed by atoms with Crippen LogP contribution in [0.1, 0.15) is 11.1 Å². The molecule has 0 aliphatic heterocycles. The van der Waals surface area contributed by atoms with E-state index < -0.39 is 0 Å². The fourth-order valence-electron chi connectivity index (χ4n) is 1.74. The number of hydrogen-bond acceptors (Lipinski definition) is 2. The summed E-state index contributed by atoms with van der Waals surface area (Å²) < 4.78 is 18.5. The summed E-state index contributed by atoms with van der Waals surface area (Å²) in [6.07, 6.45) is 0. The second-order valence-corrected chi connectivity index (χ2v) is 4.40. The number of rotatable bonds is 4. The van der Waals surface area contributed by atoms with E-state index in [1.54, 1.807) is 12.1 Å². The first kappa shape index (κ1) is 17.2. The van der Waals surface area contributed by atoms with Gasteiger partial charge in [-0.15, -0.1) is 24.0 Å². The maximum Gasteiger partial charge on any atom is 0.186 e. The van der Waals surface area contributed by atoms with E-state index in [4.69, 9.17) is 16.2 Å². The Morgan fingerprint density at radius 3 is 2.38 bits per heavy atom. The highest BCUT2D eigenvalue weighted by Gasteiger charge is 2.03. The summed E-state index contributed by atoms with van der Waals surface area (Å²) in [5.74, 6) is 1.08. The fraction of sp³-hybridized carbons (Fsp3) is 0.133. The number of guanidine groups is 1. The lowest BCUT2D eigenvalue weighted by Gasteiger charge is -2.09. The third-order valence-electron chi connectivity index (χ3n) is 2.72. The average Bonchev–Trinajstić information content (AvgIpc) is 2.41. The van der Waals surface area contributed by atoms with Gasteiger partial charge in [-0.1, -0.05) is 12.1 Å². The predicted molar refractivity (Wildman–Crippen MR) is 92.6 cm³/mol. The number of ether oxygens (including phenoxy) is 1. The standard InChI is InChI=1S/C15H16FN3O.HI/c1-10-8-11(9-19-15(17)18)2-7-14(10)20-13-5-3-12(16)4-6-13;/h2-8H,9H2,1H3,(H4,17,18,19);1H. The van der Waals surface area contributed by atoms with Gasteiger partial charge in [0.05, 0.1) is 6.54 Å². The van der Waals surface area contributed by atoms with Gasteiger partial charge in [0.25, 0.3) is 0 Å². The summed E-state index contributed by atoms with van der Waals surface area (Å²) >= 11 is 0. The lowest BCUT2D eigenvalue weighted by molar-refractivity contribution is 0.476. The maximum absolute atomic E-state index is 12.8. The van der Waals surface area contributed by atoms with Crippen molar-refractivity contribution in [1.29, 1.82) is 0 Å². The van der Waals surface area contributed by atoms with E-state index in [1.807, 2.05) is 25.1 Å². The number of nitrogens with two attached hydrogens (primary N) is 2. The summed E-state index contributed by atoms with van der Waals surface area (Å²) in [5, 5.41) is 0. The van der Waals surface area contributed by atoms with Crippen LogP contribution in [0, 0.1) is 12.7 Å². The van der Waals surface area contributed by atoms with E-state index in [-0.39, 0.29) is 35.8 Å². The van der Waals surface area contributed by atoms with Gasteiger partial charge in [0.1, 0.15) is 17.3 Å². The highest BCUT2D eigenvalue weighted by atomic mass is 127. The molecule has 0 aliphatic rings. The Morgan fingerprint density at radius 1 is 1.14 bits per heavy atom. The minimum Gasteiger partial charge on any atom is -0.457 e. The van der Waals surface area contributed by atoms with Crippen molar-refractivity contribution in [1.82, 2.24) is 0 Å². The van der Waals surface area contributed by atoms with E-state index in [1.165, 1.54) is 12.1 Å². The zero-order chi connectivity index (χ0) is 14.5. The number of nitrogens with zero attached hydrogens (tertiary/aromatic N) is 1. The molecule has 0 radical (unpaired) electrons. The minimum atomic E-state index is -0.290. The Bertz CT molecular complexity index is 625. The molecule has 2 rings (SSSR count). The summed E-state index contributed by atoms with van der Waals surface area (Å²) in [5.41, 5.74) is 12.5. The average molecular weight is 401 g/mol. The van der Waals surface area contributed by atoms with E-state index in [0.717, 1.165) is 11.1 Å². The first-order chi connectivity index (χ1) is 9.54. The maximum atomic E-state index is 12.8. The van der Waals surface area contributed by atoms with Gasteiger partial charge in [0.2, 0.25) is 0 Å². The van der Waals surface area contributed by atoms with E-state index in [9.17, 15) is 4.39 Å². The van der Waals surface area contributed by atoms with E-state index >= 15 is 0 Å². The molecule has 4 nitrogen and oxygen atoms in total. The van der Waals surface area contributed by atoms with Crippen LogP contribution >= 0.6 is 24.0 Å². The third-order valence-corrected chi connectivity index (χ3v) is 2.72. The van der Waals surface area contributed by atoms with Crippen LogP contribution in [0.2, 0.25) is 0 Å². The Balaban J connectivity index is 0.00000220. The van der Waals surface area contributed by atoms with Crippen LogP contribution in [0.5, 0.6) is 11.5 Å². The first-order valence-corrected chi connectivity index (χ1v) is 6.13. The molecule has 0 heterocycles. The van der Waals surface area contributed by atoms with Gasteiger partial charge < -0.3 is 16.2 Å². The molecule has 0 unspecified atom stereocenters. The van der Waals surface area contributed by atoms with Crippen molar-refractivity contribution < 1.29 is 9.13 Å². The van der Waals surface area contributed by atoms with Crippen LogP contribution < -0.4 is 16.2 Å². The third kappa shape index (κ3) is 5.22. The van der Waals surface area contributed by atoms with Crippen LogP contribution in [0.15, 0.2) is 47.5 Å². The fourth-order valence-corrected chi connectivity index (χ4v) is 1.74. The predicted octanol–water partition coefficient (Wildman–Crippen LogP) is 3.32. The van der Waals surface area contributed by atoms with Crippen LogP contribution in [0.25, 0.3) is 0 Å². The first-order valence-electron chi connectivity index (χ1n) is 6.13. The molecule has 112 valence electrons. The van der Waals surface area contributed by atoms with Crippen molar-refractivity contribution in [3.05, 3.63) is 59.4 Å². The number of benzene rings is 2. The van der Waals surface area contributed by atoms with Crippen molar-refractivity contribution >= 4 is 29.9 Å². The van der Waals surface area contributed by atoms with Gasteiger partial charge in [0, 0.05) is 0 Å². The summed E-state index contributed by atoms with van der Waals surface area (Å²) in [6.45, 7) is 2.36. The van der Waals surface area contributed by atoms with Crippen molar-refractivity contribution in [2.45, 2.75) is 13.5 Å². The van der Waals surface area contributed by atoms with Gasteiger partial charge >= 0.3 is 0 Å². The number of hydrogen-bond donors (Lipinski definition) is 2. The van der Waals surface area contributed by atoms with Crippen LogP contribution in [0.4, 0.5) is 4.39 Å². The number of aryl methyl sites for hydroxylation is 1. The minimum absolute atomic E-state index is 0. The second-order valence-electron chi connectivity index (χ2n) is 4.40. The monoisotopic (exact) mass is 401 g/mol. The molecule has 0 fully saturated rings. The molecule has 21 heavy (non-hydrogen) atoms. The molecule has 4 N–H and O–H groups in total. The SMILES string of the molecule is Cc1cc(CN=C(N)N)ccc1Oc1ccc(F)cc1.I. The summed E-state index contributed by atoms with van der Waals surface area (Å²) in [7, 11) is 0. The molecule has 2 aromatic rings. The smallest absolute Gasteiger partial charge is 0.186 e. The van der Waals surface area contributed by atoms with E-state index in [0.29, 0.717) is 18.0 Å². The summed E-state index contributed by atoms with van der Waals surface area (Å²) in [6, 6.07) is 11.6. The number of halogens is 2. The largest absolute Gasteiger partial charge is 0.457 e. The zero-order valence-corrected chi connectivity index (χ0v) is 13.9. The van der Waals surface area contributed by atoms with Crippen LogP contribution in [0.3, 0.4) is 0 Å². The van der Waals surface area contributed by atoms with Gasteiger partial charge in [-0.3, -0.25) is 0 Å².